The predicted octanol–water partition coefficient (Wildman–Crippen LogP) is 3.21. The van der Waals surface area contributed by atoms with E-state index < -0.39 is 0 Å². The Balaban J connectivity index is 2.21. The highest BCUT2D eigenvalue weighted by Crippen LogP contribution is 2.08. The van der Waals surface area contributed by atoms with E-state index in [1.165, 1.54) is 25.0 Å². The number of hydrogen-bond donors (Lipinski definition) is 1. The lowest BCUT2D eigenvalue weighted by Crippen LogP contribution is -2.26. The van der Waals surface area contributed by atoms with Crippen molar-refractivity contribution < 1.29 is 0 Å². The molecule has 1 atom stereocenters. The Labute approximate surface area is 106 Å². The largest absolute Gasteiger partial charge is 0.309 e. The van der Waals surface area contributed by atoms with Crippen molar-refractivity contribution in [2.75, 3.05) is 0 Å². The van der Waals surface area contributed by atoms with E-state index in [1.54, 1.807) is 0 Å². The number of aryl methyl sites for hydroxylation is 1. The van der Waals surface area contributed by atoms with Crippen molar-refractivity contribution in [2.24, 2.45) is 5.92 Å². The Kier molecular flexibility index (Phi) is 6.27. The van der Waals surface area contributed by atoms with Gasteiger partial charge in [-0.05, 0) is 32.3 Å². The molecule has 1 aromatic rings. The molecular weight excluding hydrogens is 210 g/mol. The lowest BCUT2D eigenvalue weighted by Gasteiger charge is -2.14. The molecule has 0 bridgehead atoms. The molecule has 3 heteroatoms. The fourth-order valence-corrected chi connectivity index (χ4v) is 2.01. The van der Waals surface area contributed by atoms with Crippen molar-refractivity contribution >= 4 is 0 Å². The third kappa shape index (κ3) is 5.35. The third-order valence-corrected chi connectivity index (χ3v) is 3.15. The summed E-state index contributed by atoms with van der Waals surface area (Å²) in [5, 5.41) is 7.85. The standard InChI is InChI=1S/C14H27N3/c1-5-17-14(9-10-16-17)11-15-13(4)8-6-7-12(2)3/h9-10,12-13,15H,5-8,11H2,1-4H3. The number of nitrogens with zero attached hydrogens (tertiary/aromatic N) is 2. The average molecular weight is 237 g/mol. The smallest absolute Gasteiger partial charge is 0.0522 e. The van der Waals surface area contributed by atoms with Crippen molar-refractivity contribution in [3.63, 3.8) is 0 Å². The third-order valence-electron chi connectivity index (χ3n) is 3.15. The normalized spacial score (nSPS) is 13.2. The van der Waals surface area contributed by atoms with E-state index in [-0.39, 0.29) is 0 Å². The topological polar surface area (TPSA) is 29.9 Å². The molecule has 0 saturated heterocycles. The Morgan fingerprint density at radius 2 is 2.06 bits per heavy atom. The van der Waals surface area contributed by atoms with Crippen LogP contribution in [0.15, 0.2) is 12.3 Å². The van der Waals surface area contributed by atoms with Gasteiger partial charge in [0.15, 0.2) is 0 Å². The lowest BCUT2D eigenvalue weighted by atomic mass is 10.0. The van der Waals surface area contributed by atoms with Crippen LogP contribution in [0.5, 0.6) is 0 Å². The van der Waals surface area contributed by atoms with Gasteiger partial charge in [0.05, 0.1) is 5.69 Å². The summed E-state index contributed by atoms with van der Waals surface area (Å²) in [5.41, 5.74) is 1.28. The fourth-order valence-electron chi connectivity index (χ4n) is 2.01. The van der Waals surface area contributed by atoms with Crippen LogP contribution in [0.2, 0.25) is 0 Å². The lowest BCUT2D eigenvalue weighted by molar-refractivity contribution is 0.448. The van der Waals surface area contributed by atoms with E-state index in [0.717, 1.165) is 19.0 Å². The van der Waals surface area contributed by atoms with Gasteiger partial charge in [-0.25, -0.2) is 0 Å². The van der Waals surface area contributed by atoms with Gasteiger partial charge in [0, 0.05) is 25.3 Å². The molecule has 0 fully saturated rings. The zero-order valence-electron chi connectivity index (χ0n) is 11.7. The zero-order valence-corrected chi connectivity index (χ0v) is 11.7. The van der Waals surface area contributed by atoms with Gasteiger partial charge in [-0.2, -0.15) is 5.10 Å². The molecule has 0 radical (unpaired) electrons. The summed E-state index contributed by atoms with van der Waals surface area (Å²) in [5.74, 6) is 0.823. The molecular formula is C14H27N3. The van der Waals surface area contributed by atoms with Crippen molar-refractivity contribution in [2.45, 2.75) is 66.1 Å². The van der Waals surface area contributed by atoms with Gasteiger partial charge >= 0.3 is 0 Å². The maximum atomic E-state index is 4.27. The summed E-state index contributed by atoms with van der Waals surface area (Å²) in [7, 11) is 0. The summed E-state index contributed by atoms with van der Waals surface area (Å²) in [4.78, 5) is 0. The highest BCUT2D eigenvalue weighted by molar-refractivity contribution is 5.00. The Morgan fingerprint density at radius 1 is 1.29 bits per heavy atom. The maximum absolute atomic E-state index is 4.27. The van der Waals surface area contributed by atoms with Gasteiger partial charge in [0.25, 0.3) is 0 Å². The van der Waals surface area contributed by atoms with Crippen LogP contribution in [-0.2, 0) is 13.1 Å². The van der Waals surface area contributed by atoms with E-state index >= 15 is 0 Å². The van der Waals surface area contributed by atoms with E-state index in [0.29, 0.717) is 6.04 Å². The first-order valence-corrected chi connectivity index (χ1v) is 6.87. The minimum atomic E-state index is 0.592. The van der Waals surface area contributed by atoms with Gasteiger partial charge < -0.3 is 5.32 Å². The fraction of sp³-hybridized carbons (Fsp3) is 0.786. The first-order valence-electron chi connectivity index (χ1n) is 6.87. The molecule has 1 rings (SSSR count). The minimum Gasteiger partial charge on any atom is -0.309 e. The average Bonchev–Trinajstić information content (AvgIpc) is 2.73. The molecule has 0 aliphatic carbocycles. The molecule has 3 nitrogen and oxygen atoms in total. The molecule has 1 unspecified atom stereocenters. The van der Waals surface area contributed by atoms with Crippen LogP contribution >= 0.6 is 0 Å². The Hall–Kier alpha value is -0.830. The van der Waals surface area contributed by atoms with E-state index in [4.69, 9.17) is 0 Å². The number of aromatic nitrogens is 2. The molecule has 0 aliphatic rings. The highest BCUT2D eigenvalue weighted by Gasteiger charge is 2.05. The Morgan fingerprint density at radius 3 is 2.71 bits per heavy atom. The summed E-state index contributed by atoms with van der Waals surface area (Å²) >= 11 is 0. The summed E-state index contributed by atoms with van der Waals surface area (Å²) in [6.07, 6.45) is 5.79. The summed E-state index contributed by atoms with van der Waals surface area (Å²) in [6.45, 7) is 10.9. The monoisotopic (exact) mass is 237 g/mol. The van der Waals surface area contributed by atoms with Crippen LogP contribution in [0.4, 0.5) is 0 Å². The number of rotatable bonds is 8. The molecule has 0 amide bonds. The van der Waals surface area contributed by atoms with Gasteiger partial charge in [-0.15, -0.1) is 0 Å². The van der Waals surface area contributed by atoms with Crippen LogP contribution < -0.4 is 5.32 Å². The van der Waals surface area contributed by atoms with Gasteiger partial charge in [-0.3, -0.25) is 4.68 Å². The van der Waals surface area contributed by atoms with Crippen LogP contribution in [0, 0.1) is 5.92 Å². The molecule has 1 N–H and O–H groups in total. The van der Waals surface area contributed by atoms with Crippen molar-refractivity contribution in [3.05, 3.63) is 18.0 Å². The van der Waals surface area contributed by atoms with E-state index in [1.807, 2.05) is 10.9 Å². The zero-order chi connectivity index (χ0) is 12.7. The van der Waals surface area contributed by atoms with Crippen LogP contribution in [-0.4, -0.2) is 15.8 Å². The molecule has 1 heterocycles. The number of hydrogen-bond acceptors (Lipinski definition) is 2. The molecule has 17 heavy (non-hydrogen) atoms. The first-order chi connectivity index (χ1) is 8.13. The first kappa shape index (κ1) is 14.2. The van der Waals surface area contributed by atoms with Gasteiger partial charge in [0.2, 0.25) is 0 Å². The van der Waals surface area contributed by atoms with Crippen LogP contribution in [0.25, 0.3) is 0 Å². The second-order valence-electron chi connectivity index (χ2n) is 5.25. The van der Waals surface area contributed by atoms with E-state index in [9.17, 15) is 0 Å². The Bertz CT molecular complexity index is 304. The number of nitrogens with one attached hydrogen (secondary N) is 1. The summed E-state index contributed by atoms with van der Waals surface area (Å²) < 4.78 is 2.05. The maximum Gasteiger partial charge on any atom is 0.0522 e. The molecule has 98 valence electrons. The second kappa shape index (κ2) is 7.49. The molecule has 0 aromatic carbocycles. The van der Waals surface area contributed by atoms with Crippen molar-refractivity contribution in [1.29, 1.82) is 0 Å². The highest BCUT2D eigenvalue weighted by atomic mass is 15.3. The quantitative estimate of drug-likeness (QED) is 0.752. The summed E-state index contributed by atoms with van der Waals surface area (Å²) in [6, 6.07) is 2.69. The van der Waals surface area contributed by atoms with Crippen LogP contribution in [0.1, 0.15) is 52.7 Å². The second-order valence-corrected chi connectivity index (χ2v) is 5.25. The van der Waals surface area contributed by atoms with Crippen molar-refractivity contribution in [1.82, 2.24) is 15.1 Å². The SMILES string of the molecule is CCn1nccc1CNC(C)CCCC(C)C. The predicted molar refractivity (Wildman–Crippen MR) is 72.9 cm³/mol. The molecule has 0 aliphatic heterocycles. The van der Waals surface area contributed by atoms with Crippen LogP contribution in [0.3, 0.4) is 0 Å². The van der Waals surface area contributed by atoms with Crippen molar-refractivity contribution in [3.8, 4) is 0 Å². The molecule has 0 spiro atoms. The molecule has 0 saturated carbocycles. The molecule has 1 aromatic heterocycles. The minimum absolute atomic E-state index is 0.592. The van der Waals surface area contributed by atoms with E-state index in [2.05, 4.69) is 44.2 Å². The van der Waals surface area contributed by atoms with Gasteiger partial charge in [-0.1, -0.05) is 26.7 Å². The van der Waals surface area contributed by atoms with Gasteiger partial charge in [0.1, 0.15) is 0 Å².